The number of nitrogens with zero attached hydrogens (tertiary/aromatic N) is 2. The highest BCUT2D eigenvalue weighted by molar-refractivity contribution is 5.94. The number of carbonyl (C=O) groups is 2. The van der Waals surface area contributed by atoms with Crippen molar-refractivity contribution < 1.29 is 23.1 Å². The predicted octanol–water partition coefficient (Wildman–Crippen LogP) is 2.17. The molecule has 1 saturated heterocycles. The van der Waals surface area contributed by atoms with E-state index in [1.54, 1.807) is 15.9 Å². The van der Waals surface area contributed by atoms with Gasteiger partial charge in [-0.25, -0.2) is 4.39 Å². The van der Waals surface area contributed by atoms with Crippen molar-refractivity contribution in [1.82, 2.24) is 9.80 Å². The average Bonchev–Trinajstić information content (AvgIpc) is 3.17. The van der Waals surface area contributed by atoms with Crippen LogP contribution in [-0.2, 0) is 4.79 Å². The molecule has 6 nitrogen and oxygen atoms in total. The zero-order chi connectivity index (χ0) is 17.6. The zero-order valence-corrected chi connectivity index (χ0v) is 13.7. The fourth-order valence-corrected chi connectivity index (χ4v) is 2.67. The summed E-state index contributed by atoms with van der Waals surface area (Å²) in [6.45, 7) is 2.22. The molecule has 3 rings (SSSR count). The first-order chi connectivity index (χ1) is 12.1. The summed E-state index contributed by atoms with van der Waals surface area (Å²) in [6.07, 6.45) is 3.13. The van der Waals surface area contributed by atoms with Crippen LogP contribution in [0, 0.1) is 5.82 Å². The summed E-state index contributed by atoms with van der Waals surface area (Å²) >= 11 is 0. The van der Waals surface area contributed by atoms with Crippen LogP contribution in [-0.4, -0.2) is 54.4 Å². The van der Waals surface area contributed by atoms with Crippen LogP contribution >= 0.6 is 0 Å². The number of rotatable bonds is 5. The third kappa shape index (κ3) is 4.37. The van der Waals surface area contributed by atoms with Gasteiger partial charge in [-0.15, -0.1) is 0 Å². The highest BCUT2D eigenvalue weighted by Crippen LogP contribution is 2.13. The van der Waals surface area contributed by atoms with Crippen LogP contribution in [0.4, 0.5) is 4.39 Å². The van der Waals surface area contributed by atoms with Crippen molar-refractivity contribution in [3.8, 4) is 5.75 Å². The summed E-state index contributed by atoms with van der Waals surface area (Å²) in [5.41, 5.74) is 0.521. The Hall–Kier alpha value is -2.83. The van der Waals surface area contributed by atoms with Crippen LogP contribution in [0.3, 0.4) is 0 Å². The third-order valence-corrected chi connectivity index (χ3v) is 4.09. The molecular formula is C18H19FN2O4. The van der Waals surface area contributed by atoms with E-state index in [1.807, 2.05) is 0 Å². The molecule has 0 radical (unpaired) electrons. The number of hydrogen-bond donors (Lipinski definition) is 0. The van der Waals surface area contributed by atoms with E-state index in [9.17, 15) is 14.0 Å². The molecule has 7 heteroatoms. The van der Waals surface area contributed by atoms with Crippen molar-refractivity contribution in [2.45, 2.75) is 6.42 Å². The summed E-state index contributed by atoms with van der Waals surface area (Å²) in [5.74, 6) is 0.106. The monoisotopic (exact) mass is 346 g/mol. The van der Waals surface area contributed by atoms with Crippen LogP contribution in [0.2, 0.25) is 0 Å². The largest absolute Gasteiger partial charge is 0.493 e. The molecule has 1 aromatic heterocycles. The van der Waals surface area contributed by atoms with Gasteiger partial charge < -0.3 is 19.0 Å². The molecule has 25 heavy (non-hydrogen) atoms. The van der Waals surface area contributed by atoms with Crippen LogP contribution in [0.25, 0.3) is 0 Å². The second-order valence-electron chi connectivity index (χ2n) is 5.74. The SMILES string of the molecule is O=C(CCOc1ccc(F)cc1)N1CCN(C(=O)c2ccoc2)CC1. The zero-order valence-electron chi connectivity index (χ0n) is 13.7. The summed E-state index contributed by atoms with van der Waals surface area (Å²) in [5, 5.41) is 0. The maximum atomic E-state index is 12.8. The highest BCUT2D eigenvalue weighted by Gasteiger charge is 2.25. The van der Waals surface area contributed by atoms with Gasteiger partial charge in [0.2, 0.25) is 5.91 Å². The number of amides is 2. The van der Waals surface area contributed by atoms with Crippen LogP contribution in [0.5, 0.6) is 5.75 Å². The van der Waals surface area contributed by atoms with E-state index < -0.39 is 0 Å². The van der Waals surface area contributed by atoms with Crippen molar-refractivity contribution in [2.75, 3.05) is 32.8 Å². The minimum absolute atomic E-state index is 0.0162. The van der Waals surface area contributed by atoms with Crippen molar-refractivity contribution in [3.05, 3.63) is 54.2 Å². The Morgan fingerprint density at radius 3 is 2.36 bits per heavy atom. The molecule has 1 aliphatic heterocycles. The molecule has 0 saturated carbocycles. The molecule has 132 valence electrons. The van der Waals surface area contributed by atoms with Gasteiger partial charge in [0.05, 0.1) is 24.9 Å². The van der Waals surface area contributed by atoms with Gasteiger partial charge in [0.25, 0.3) is 5.91 Å². The van der Waals surface area contributed by atoms with E-state index in [0.29, 0.717) is 37.5 Å². The van der Waals surface area contributed by atoms with Crippen molar-refractivity contribution >= 4 is 11.8 Å². The van der Waals surface area contributed by atoms with Gasteiger partial charge in [0.15, 0.2) is 0 Å². The van der Waals surface area contributed by atoms with Gasteiger partial charge in [-0.05, 0) is 30.3 Å². The lowest BCUT2D eigenvalue weighted by molar-refractivity contribution is -0.133. The third-order valence-electron chi connectivity index (χ3n) is 4.09. The Labute approximate surface area is 144 Å². The molecule has 1 aromatic carbocycles. The summed E-state index contributed by atoms with van der Waals surface area (Å²) < 4.78 is 23.2. The molecule has 0 aliphatic carbocycles. The second kappa shape index (κ2) is 7.83. The second-order valence-corrected chi connectivity index (χ2v) is 5.74. The molecule has 2 aromatic rings. The minimum atomic E-state index is -0.328. The van der Waals surface area contributed by atoms with E-state index >= 15 is 0 Å². The van der Waals surface area contributed by atoms with E-state index in [0.717, 1.165) is 0 Å². The van der Waals surface area contributed by atoms with Crippen LogP contribution in [0.1, 0.15) is 16.8 Å². The molecule has 2 amide bonds. The number of furan rings is 1. The van der Waals surface area contributed by atoms with Crippen LogP contribution in [0.15, 0.2) is 47.3 Å². The van der Waals surface area contributed by atoms with E-state index in [4.69, 9.17) is 9.15 Å². The van der Waals surface area contributed by atoms with Gasteiger partial charge in [-0.2, -0.15) is 0 Å². The number of piperazine rings is 1. The first-order valence-electron chi connectivity index (χ1n) is 8.11. The maximum Gasteiger partial charge on any atom is 0.257 e. The van der Waals surface area contributed by atoms with Gasteiger partial charge in [0, 0.05) is 26.2 Å². The van der Waals surface area contributed by atoms with Crippen molar-refractivity contribution in [3.63, 3.8) is 0 Å². The molecule has 0 N–H and O–H groups in total. The molecule has 0 spiro atoms. The summed E-state index contributed by atoms with van der Waals surface area (Å²) in [4.78, 5) is 27.9. The topological polar surface area (TPSA) is 63.0 Å². The fraction of sp³-hybridized carbons (Fsp3) is 0.333. The van der Waals surface area contributed by atoms with E-state index in [1.165, 1.54) is 36.8 Å². The van der Waals surface area contributed by atoms with Gasteiger partial charge in [-0.3, -0.25) is 9.59 Å². The molecule has 2 heterocycles. The Bertz CT molecular complexity index is 707. The quantitative estimate of drug-likeness (QED) is 0.832. The van der Waals surface area contributed by atoms with Crippen molar-refractivity contribution in [2.24, 2.45) is 0 Å². The van der Waals surface area contributed by atoms with E-state index in [2.05, 4.69) is 0 Å². The summed E-state index contributed by atoms with van der Waals surface area (Å²) in [7, 11) is 0. The number of hydrogen-bond acceptors (Lipinski definition) is 4. The van der Waals surface area contributed by atoms with Gasteiger partial charge in [0.1, 0.15) is 17.8 Å². The Balaban J connectivity index is 1.41. The van der Waals surface area contributed by atoms with Crippen molar-refractivity contribution in [1.29, 1.82) is 0 Å². The normalized spacial score (nSPS) is 14.4. The minimum Gasteiger partial charge on any atom is -0.493 e. The van der Waals surface area contributed by atoms with E-state index in [-0.39, 0.29) is 30.7 Å². The molecular weight excluding hydrogens is 327 g/mol. The smallest absolute Gasteiger partial charge is 0.257 e. The standard InChI is InChI=1S/C18H19FN2O4/c19-15-1-3-16(4-2-15)25-12-6-17(22)20-7-9-21(10-8-20)18(23)14-5-11-24-13-14/h1-5,11,13H,6-10,12H2. The Kier molecular flexibility index (Phi) is 5.33. The number of benzene rings is 1. The predicted molar refractivity (Wildman–Crippen MR) is 87.7 cm³/mol. The lowest BCUT2D eigenvalue weighted by Crippen LogP contribution is -2.50. The molecule has 0 unspecified atom stereocenters. The molecule has 0 bridgehead atoms. The molecule has 1 fully saturated rings. The Morgan fingerprint density at radius 2 is 1.72 bits per heavy atom. The molecule has 0 atom stereocenters. The van der Waals surface area contributed by atoms with Crippen LogP contribution < -0.4 is 4.74 Å². The first kappa shape index (κ1) is 17.0. The number of carbonyl (C=O) groups excluding carboxylic acids is 2. The van der Waals surface area contributed by atoms with Gasteiger partial charge in [-0.1, -0.05) is 0 Å². The molecule has 1 aliphatic rings. The highest BCUT2D eigenvalue weighted by atomic mass is 19.1. The number of ether oxygens (including phenoxy) is 1. The fourth-order valence-electron chi connectivity index (χ4n) is 2.67. The summed E-state index contributed by atoms with van der Waals surface area (Å²) in [6, 6.07) is 7.31. The maximum absolute atomic E-state index is 12.8. The first-order valence-corrected chi connectivity index (χ1v) is 8.11. The Morgan fingerprint density at radius 1 is 1.04 bits per heavy atom. The number of halogens is 1. The average molecular weight is 346 g/mol. The van der Waals surface area contributed by atoms with Gasteiger partial charge >= 0.3 is 0 Å². The lowest BCUT2D eigenvalue weighted by atomic mass is 10.2. The lowest BCUT2D eigenvalue weighted by Gasteiger charge is -2.34.